The van der Waals surface area contributed by atoms with Crippen molar-refractivity contribution in [1.29, 1.82) is 0 Å². The van der Waals surface area contributed by atoms with Crippen molar-refractivity contribution in [3.8, 4) is 0 Å². The minimum Gasteiger partial charge on any atom is -0.367 e. The molecule has 3 aromatic rings. The Hall–Kier alpha value is -2.46. The van der Waals surface area contributed by atoms with Crippen molar-refractivity contribution in [3.63, 3.8) is 0 Å². The maximum atomic E-state index is 13.9. The predicted octanol–water partition coefficient (Wildman–Crippen LogP) is 3.70. The molecule has 1 saturated heterocycles. The first-order valence-electron chi connectivity index (χ1n) is 8.36. The zero-order chi connectivity index (χ0) is 16.4. The third-order valence-electron chi connectivity index (χ3n) is 4.68. The van der Waals surface area contributed by atoms with Crippen LogP contribution in [0.1, 0.15) is 5.56 Å². The summed E-state index contributed by atoms with van der Waals surface area (Å²) in [6, 6.07) is 17.4. The van der Waals surface area contributed by atoms with Crippen molar-refractivity contribution >= 4 is 16.6 Å². The average Bonchev–Trinajstić information content (AvgIpc) is 2.63. The van der Waals surface area contributed by atoms with Crippen molar-refractivity contribution in [3.05, 3.63) is 72.2 Å². The van der Waals surface area contributed by atoms with E-state index in [1.165, 1.54) is 17.0 Å². The molecule has 0 bridgehead atoms. The molecule has 0 unspecified atom stereocenters. The molecule has 0 aliphatic carbocycles. The maximum absolute atomic E-state index is 13.9. The lowest BCUT2D eigenvalue weighted by molar-refractivity contribution is 0.250. The molecule has 0 atom stereocenters. The minimum absolute atomic E-state index is 0.135. The predicted molar refractivity (Wildman–Crippen MR) is 95.6 cm³/mol. The lowest BCUT2D eigenvalue weighted by atomic mass is 10.1. The Morgan fingerprint density at radius 2 is 1.67 bits per heavy atom. The summed E-state index contributed by atoms with van der Waals surface area (Å²) >= 11 is 0. The fourth-order valence-electron chi connectivity index (χ4n) is 3.39. The second-order valence-electron chi connectivity index (χ2n) is 6.21. The fraction of sp³-hybridized carbons (Fsp3) is 0.250. The highest BCUT2D eigenvalue weighted by Crippen LogP contribution is 2.22. The first-order chi connectivity index (χ1) is 11.8. The molecule has 2 heterocycles. The number of aromatic nitrogens is 1. The van der Waals surface area contributed by atoms with Gasteiger partial charge in [-0.3, -0.25) is 9.88 Å². The molecule has 1 aliphatic rings. The molecule has 1 fully saturated rings. The Morgan fingerprint density at radius 3 is 2.50 bits per heavy atom. The molecule has 4 rings (SSSR count). The number of piperazine rings is 1. The number of nitrogens with zero attached hydrogens (tertiary/aromatic N) is 3. The summed E-state index contributed by atoms with van der Waals surface area (Å²) in [6.45, 7) is 4.44. The Bertz CT molecular complexity index is 836. The molecule has 3 nitrogen and oxygen atoms in total. The van der Waals surface area contributed by atoms with Crippen molar-refractivity contribution < 1.29 is 4.39 Å². The number of anilines is 1. The van der Waals surface area contributed by atoms with E-state index in [2.05, 4.69) is 39.0 Å². The van der Waals surface area contributed by atoms with Gasteiger partial charge in [0, 0.05) is 44.3 Å². The van der Waals surface area contributed by atoms with Gasteiger partial charge in [0.25, 0.3) is 0 Å². The van der Waals surface area contributed by atoms with Crippen molar-refractivity contribution in [2.45, 2.75) is 6.54 Å². The fourth-order valence-corrected chi connectivity index (χ4v) is 3.39. The molecule has 2 aromatic carbocycles. The standard InChI is InChI=1S/C20H20FN3/c21-18-8-1-2-9-19(18)24-13-11-23(12-14-24)15-17-6-3-5-16-7-4-10-22-20(16)17/h1-10H,11-15H2. The first-order valence-corrected chi connectivity index (χ1v) is 8.36. The van der Waals surface area contributed by atoms with Gasteiger partial charge in [-0.2, -0.15) is 0 Å². The molecular formula is C20H20FN3. The van der Waals surface area contributed by atoms with E-state index in [0.29, 0.717) is 5.69 Å². The number of rotatable bonds is 3. The summed E-state index contributed by atoms with van der Waals surface area (Å²) in [4.78, 5) is 9.08. The number of pyridine rings is 1. The second kappa shape index (κ2) is 6.57. The highest BCUT2D eigenvalue weighted by molar-refractivity contribution is 5.81. The van der Waals surface area contributed by atoms with Crippen LogP contribution in [0.4, 0.5) is 10.1 Å². The molecule has 0 spiro atoms. The van der Waals surface area contributed by atoms with Crippen LogP contribution >= 0.6 is 0 Å². The van der Waals surface area contributed by atoms with Crippen LogP contribution in [0, 0.1) is 5.82 Å². The van der Waals surface area contributed by atoms with Crippen molar-refractivity contribution in [1.82, 2.24) is 9.88 Å². The summed E-state index contributed by atoms with van der Waals surface area (Å²) in [5.74, 6) is -0.135. The zero-order valence-corrected chi connectivity index (χ0v) is 13.5. The van der Waals surface area contributed by atoms with Crippen molar-refractivity contribution in [2.24, 2.45) is 0 Å². The van der Waals surface area contributed by atoms with Crippen LogP contribution in [0.25, 0.3) is 10.9 Å². The number of benzene rings is 2. The molecule has 0 radical (unpaired) electrons. The van der Waals surface area contributed by atoms with Crippen LogP contribution in [0.3, 0.4) is 0 Å². The van der Waals surface area contributed by atoms with Crippen LogP contribution in [0.2, 0.25) is 0 Å². The molecular weight excluding hydrogens is 301 g/mol. The monoisotopic (exact) mass is 321 g/mol. The highest BCUT2D eigenvalue weighted by Gasteiger charge is 2.19. The molecule has 0 N–H and O–H groups in total. The number of para-hydroxylation sites is 2. The Balaban J connectivity index is 1.46. The Labute approximate surface area is 141 Å². The van der Waals surface area contributed by atoms with E-state index >= 15 is 0 Å². The van der Waals surface area contributed by atoms with E-state index in [-0.39, 0.29) is 5.82 Å². The lowest BCUT2D eigenvalue weighted by Gasteiger charge is -2.36. The van der Waals surface area contributed by atoms with Crippen LogP contribution in [-0.4, -0.2) is 36.1 Å². The van der Waals surface area contributed by atoms with E-state index in [1.807, 2.05) is 24.4 Å². The van der Waals surface area contributed by atoms with Gasteiger partial charge in [0.05, 0.1) is 11.2 Å². The van der Waals surface area contributed by atoms with Gasteiger partial charge in [0.2, 0.25) is 0 Å². The SMILES string of the molecule is Fc1ccccc1N1CCN(Cc2cccc3cccnc23)CC1. The van der Waals surface area contributed by atoms with E-state index in [1.54, 1.807) is 6.07 Å². The zero-order valence-electron chi connectivity index (χ0n) is 13.5. The molecule has 24 heavy (non-hydrogen) atoms. The van der Waals surface area contributed by atoms with Crippen LogP contribution in [-0.2, 0) is 6.54 Å². The number of hydrogen-bond acceptors (Lipinski definition) is 3. The first kappa shape index (κ1) is 15.1. The van der Waals surface area contributed by atoms with Crippen LogP contribution in [0.5, 0.6) is 0 Å². The number of halogens is 1. The summed E-state index contributed by atoms with van der Waals surface area (Å²) in [6.07, 6.45) is 1.85. The topological polar surface area (TPSA) is 19.4 Å². The third kappa shape index (κ3) is 2.97. The van der Waals surface area contributed by atoms with Gasteiger partial charge in [-0.05, 0) is 23.8 Å². The van der Waals surface area contributed by atoms with E-state index in [9.17, 15) is 4.39 Å². The summed E-state index contributed by atoms with van der Waals surface area (Å²) in [5, 5.41) is 1.18. The van der Waals surface area contributed by atoms with Gasteiger partial charge in [0.1, 0.15) is 5.82 Å². The van der Waals surface area contributed by atoms with Gasteiger partial charge in [0.15, 0.2) is 0 Å². The van der Waals surface area contributed by atoms with E-state index in [4.69, 9.17) is 0 Å². The second-order valence-corrected chi connectivity index (χ2v) is 6.21. The molecule has 122 valence electrons. The molecule has 0 amide bonds. The summed E-state index contributed by atoms with van der Waals surface area (Å²) in [7, 11) is 0. The van der Waals surface area contributed by atoms with Gasteiger partial charge < -0.3 is 4.90 Å². The summed E-state index contributed by atoms with van der Waals surface area (Å²) in [5.41, 5.74) is 3.05. The van der Waals surface area contributed by atoms with Gasteiger partial charge >= 0.3 is 0 Å². The highest BCUT2D eigenvalue weighted by atomic mass is 19.1. The maximum Gasteiger partial charge on any atom is 0.146 e. The smallest absolute Gasteiger partial charge is 0.146 e. The van der Waals surface area contributed by atoms with Gasteiger partial charge in [-0.1, -0.05) is 36.4 Å². The number of hydrogen-bond donors (Lipinski definition) is 0. The third-order valence-corrected chi connectivity index (χ3v) is 4.68. The summed E-state index contributed by atoms with van der Waals surface area (Å²) < 4.78 is 13.9. The minimum atomic E-state index is -0.135. The van der Waals surface area contributed by atoms with Crippen LogP contribution in [0.15, 0.2) is 60.8 Å². The van der Waals surface area contributed by atoms with Crippen molar-refractivity contribution in [2.75, 3.05) is 31.1 Å². The quantitative estimate of drug-likeness (QED) is 0.733. The Morgan fingerprint density at radius 1 is 0.875 bits per heavy atom. The largest absolute Gasteiger partial charge is 0.367 e. The molecule has 4 heteroatoms. The molecule has 0 saturated carbocycles. The molecule has 1 aliphatic heterocycles. The normalized spacial score (nSPS) is 15.8. The van der Waals surface area contributed by atoms with E-state index < -0.39 is 0 Å². The number of fused-ring (bicyclic) bond motifs is 1. The van der Waals surface area contributed by atoms with Gasteiger partial charge in [-0.15, -0.1) is 0 Å². The Kier molecular flexibility index (Phi) is 4.13. The molecule has 1 aromatic heterocycles. The lowest BCUT2D eigenvalue weighted by Crippen LogP contribution is -2.46. The van der Waals surface area contributed by atoms with Crippen LogP contribution < -0.4 is 4.90 Å². The van der Waals surface area contributed by atoms with E-state index in [0.717, 1.165) is 38.2 Å². The average molecular weight is 321 g/mol. The van der Waals surface area contributed by atoms with Gasteiger partial charge in [-0.25, -0.2) is 4.39 Å².